The van der Waals surface area contributed by atoms with Crippen LogP contribution in [0, 0.1) is 0 Å². The molecule has 0 radical (unpaired) electrons. The van der Waals surface area contributed by atoms with Gasteiger partial charge in [-0.25, -0.2) is 9.59 Å². The van der Waals surface area contributed by atoms with Crippen molar-refractivity contribution in [3.8, 4) is 0 Å². The number of carboxylic acids is 1. The molecule has 0 saturated carbocycles. The van der Waals surface area contributed by atoms with Crippen LogP contribution in [0.15, 0.2) is 24.3 Å². The first-order chi connectivity index (χ1) is 11.0. The second-order valence-corrected chi connectivity index (χ2v) is 5.50. The number of benzene rings is 1. The fraction of sp³-hybridized carbons (Fsp3) is 0.333. The highest BCUT2D eigenvalue weighted by Crippen LogP contribution is 2.30. The Morgan fingerprint density at radius 2 is 1.96 bits per heavy atom. The van der Waals surface area contributed by atoms with E-state index >= 15 is 0 Å². The van der Waals surface area contributed by atoms with Gasteiger partial charge in [-0.05, 0) is 17.5 Å². The molecule has 2 heterocycles. The summed E-state index contributed by atoms with van der Waals surface area (Å²) in [6.45, 7) is 0.223. The quantitative estimate of drug-likeness (QED) is 0.698. The lowest BCUT2D eigenvalue weighted by atomic mass is 9.91. The minimum absolute atomic E-state index is 0.199. The van der Waals surface area contributed by atoms with Crippen LogP contribution in [-0.4, -0.2) is 46.4 Å². The largest absolute Gasteiger partial charge is 0.479 e. The first kappa shape index (κ1) is 15.0. The highest BCUT2D eigenvalue weighted by molar-refractivity contribution is 6.03. The van der Waals surface area contributed by atoms with Gasteiger partial charge in [-0.15, -0.1) is 0 Å². The molecule has 23 heavy (non-hydrogen) atoms. The second-order valence-electron chi connectivity index (χ2n) is 5.50. The van der Waals surface area contributed by atoms with Crippen molar-refractivity contribution in [2.24, 2.45) is 0 Å². The number of imide groups is 1. The zero-order chi connectivity index (χ0) is 16.6. The van der Waals surface area contributed by atoms with Gasteiger partial charge in [0, 0.05) is 6.54 Å². The van der Waals surface area contributed by atoms with Gasteiger partial charge in [-0.3, -0.25) is 14.9 Å². The first-order valence-corrected chi connectivity index (χ1v) is 7.19. The predicted octanol–water partition coefficient (Wildman–Crippen LogP) is -0.205. The van der Waals surface area contributed by atoms with Gasteiger partial charge in [0.2, 0.25) is 11.8 Å². The highest BCUT2D eigenvalue weighted by Gasteiger charge is 2.40. The van der Waals surface area contributed by atoms with Crippen molar-refractivity contribution < 1.29 is 24.3 Å². The molecule has 8 nitrogen and oxygen atoms in total. The highest BCUT2D eigenvalue weighted by atomic mass is 16.4. The second kappa shape index (κ2) is 5.71. The molecular weight excluding hydrogens is 302 g/mol. The number of carbonyl (C=O) groups is 4. The molecule has 4 amide bonds. The molecule has 120 valence electrons. The third-order valence-electron chi connectivity index (χ3n) is 4.05. The monoisotopic (exact) mass is 317 g/mol. The van der Waals surface area contributed by atoms with E-state index in [1.54, 1.807) is 12.1 Å². The van der Waals surface area contributed by atoms with Crippen molar-refractivity contribution in [1.29, 1.82) is 0 Å². The number of hydrogen-bond donors (Lipinski definition) is 3. The molecule has 0 bridgehead atoms. The Bertz CT molecular complexity index is 686. The standard InChI is InChI=1S/C15H15N3O5/c19-11-7-10(16-15(23)17-11)13(20)18-6-5-8-3-1-2-4-9(8)12(18)14(21)22/h1-4,10,12H,5-7H2,(H,21,22)(H2,16,17,19,23)/t10-,12?/m0/s1. The molecule has 0 aliphatic carbocycles. The number of hydrogen-bond acceptors (Lipinski definition) is 4. The van der Waals surface area contributed by atoms with Gasteiger partial charge in [0.1, 0.15) is 6.04 Å². The van der Waals surface area contributed by atoms with Crippen molar-refractivity contribution in [3.63, 3.8) is 0 Å². The molecular formula is C15H15N3O5. The number of urea groups is 1. The summed E-state index contributed by atoms with van der Waals surface area (Å²) in [5.74, 6) is -2.26. The van der Waals surface area contributed by atoms with Crippen LogP contribution in [0.3, 0.4) is 0 Å². The third kappa shape index (κ3) is 2.75. The van der Waals surface area contributed by atoms with Crippen molar-refractivity contribution in [3.05, 3.63) is 35.4 Å². The molecule has 2 aliphatic heterocycles. The SMILES string of the molecule is O=C1C[C@@H](C(=O)N2CCc3ccccc3C2C(=O)O)NC(=O)N1. The Hall–Kier alpha value is -2.90. The van der Waals surface area contributed by atoms with Gasteiger partial charge in [0.05, 0.1) is 6.42 Å². The molecule has 1 unspecified atom stereocenters. The molecule has 1 aromatic carbocycles. The maximum absolute atomic E-state index is 12.6. The molecule has 1 saturated heterocycles. The maximum Gasteiger partial charge on any atom is 0.331 e. The Balaban J connectivity index is 1.90. The molecule has 1 aromatic rings. The normalized spacial score (nSPS) is 23.6. The minimum Gasteiger partial charge on any atom is -0.479 e. The van der Waals surface area contributed by atoms with Gasteiger partial charge in [0.25, 0.3) is 0 Å². The number of aliphatic carboxylic acids is 1. The van der Waals surface area contributed by atoms with Crippen molar-refractivity contribution >= 4 is 23.8 Å². The van der Waals surface area contributed by atoms with E-state index in [4.69, 9.17) is 0 Å². The van der Waals surface area contributed by atoms with Gasteiger partial charge in [-0.2, -0.15) is 0 Å². The van der Waals surface area contributed by atoms with Gasteiger partial charge >= 0.3 is 12.0 Å². The van der Waals surface area contributed by atoms with Gasteiger partial charge in [0.15, 0.2) is 6.04 Å². The van der Waals surface area contributed by atoms with Crippen LogP contribution in [0.4, 0.5) is 4.79 Å². The zero-order valence-corrected chi connectivity index (χ0v) is 12.1. The van der Waals surface area contributed by atoms with E-state index in [9.17, 15) is 24.3 Å². The van der Waals surface area contributed by atoms with E-state index < -0.39 is 35.9 Å². The van der Waals surface area contributed by atoms with E-state index in [2.05, 4.69) is 5.32 Å². The Morgan fingerprint density at radius 3 is 2.65 bits per heavy atom. The fourth-order valence-electron chi connectivity index (χ4n) is 3.03. The van der Waals surface area contributed by atoms with Crippen LogP contribution in [-0.2, 0) is 20.8 Å². The molecule has 0 aromatic heterocycles. The molecule has 3 rings (SSSR count). The summed E-state index contributed by atoms with van der Waals surface area (Å²) in [5.41, 5.74) is 1.44. The Labute approximate surface area is 131 Å². The van der Waals surface area contributed by atoms with Gasteiger partial charge < -0.3 is 15.3 Å². The van der Waals surface area contributed by atoms with Crippen molar-refractivity contribution in [1.82, 2.24) is 15.5 Å². The van der Waals surface area contributed by atoms with Crippen molar-refractivity contribution in [2.45, 2.75) is 24.9 Å². The summed E-state index contributed by atoms with van der Waals surface area (Å²) < 4.78 is 0. The maximum atomic E-state index is 12.6. The number of nitrogens with one attached hydrogen (secondary N) is 2. The topological polar surface area (TPSA) is 116 Å². The number of nitrogens with zero attached hydrogens (tertiary/aromatic N) is 1. The number of amides is 4. The fourth-order valence-corrected chi connectivity index (χ4v) is 3.03. The van der Waals surface area contributed by atoms with Crippen LogP contribution in [0.2, 0.25) is 0 Å². The summed E-state index contributed by atoms with van der Waals surface area (Å²) >= 11 is 0. The molecule has 1 fully saturated rings. The summed E-state index contributed by atoms with van der Waals surface area (Å²) in [6.07, 6.45) is 0.327. The molecule has 0 spiro atoms. The van der Waals surface area contributed by atoms with Crippen LogP contribution >= 0.6 is 0 Å². The number of rotatable bonds is 2. The van der Waals surface area contributed by atoms with Crippen molar-refractivity contribution in [2.75, 3.05) is 6.54 Å². The van der Waals surface area contributed by atoms with E-state index in [1.807, 2.05) is 17.4 Å². The molecule has 2 aliphatic rings. The zero-order valence-electron chi connectivity index (χ0n) is 12.1. The van der Waals surface area contributed by atoms with Crippen LogP contribution in [0.1, 0.15) is 23.6 Å². The van der Waals surface area contributed by atoms with E-state index in [-0.39, 0.29) is 13.0 Å². The minimum atomic E-state index is -1.14. The summed E-state index contributed by atoms with van der Waals surface area (Å²) in [7, 11) is 0. The number of fused-ring (bicyclic) bond motifs is 1. The van der Waals surface area contributed by atoms with E-state index in [0.717, 1.165) is 5.56 Å². The average Bonchev–Trinajstić information content (AvgIpc) is 2.51. The Morgan fingerprint density at radius 1 is 1.22 bits per heavy atom. The summed E-state index contributed by atoms with van der Waals surface area (Å²) in [6, 6.07) is 4.16. The van der Waals surface area contributed by atoms with E-state index in [1.165, 1.54) is 4.90 Å². The van der Waals surface area contributed by atoms with Gasteiger partial charge in [-0.1, -0.05) is 24.3 Å². The lowest BCUT2D eigenvalue weighted by Crippen LogP contribution is -2.59. The third-order valence-corrected chi connectivity index (χ3v) is 4.05. The molecule has 3 N–H and O–H groups in total. The summed E-state index contributed by atoms with van der Waals surface area (Å²) in [4.78, 5) is 48.3. The lowest BCUT2D eigenvalue weighted by molar-refractivity contribution is -0.152. The van der Waals surface area contributed by atoms with Crippen LogP contribution < -0.4 is 10.6 Å². The average molecular weight is 317 g/mol. The van der Waals surface area contributed by atoms with Crippen LogP contribution in [0.25, 0.3) is 0 Å². The number of carbonyl (C=O) groups excluding carboxylic acids is 3. The predicted molar refractivity (Wildman–Crippen MR) is 77.3 cm³/mol. The molecule has 2 atom stereocenters. The smallest absolute Gasteiger partial charge is 0.331 e. The number of carboxylic acid groups (broad SMARTS) is 1. The van der Waals surface area contributed by atoms with E-state index in [0.29, 0.717) is 12.0 Å². The van der Waals surface area contributed by atoms with Crippen LogP contribution in [0.5, 0.6) is 0 Å². The molecule has 8 heteroatoms. The Kier molecular flexibility index (Phi) is 3.73. The lowest BCUT2D eigenvalue weighted by Gasteiger charge is -2.37. The summed E-state index contributed by atoms with van der Waals surface area (Å²) in [5, 5.41) is 14.0. The first-order valence-electron chi connectivity index (χ1n) is 7.19.